The summed E-state index contributed by atoms with van der Waals surface area (Å²) in [6.07, 6.45) is 0. The van der Waals surface area contributed by atoms with E-state index >= 15 is 0 Å². The van der Waals surface area contributed by atoms with Crippen LogP contribution >= 0.6 is 0 Å². The van der Waals surface area contributed by atoms with Crippen molar-refractivity contribution in [2.24, 2.45) is 4.99 Å². The Morgan fingerprint density at radius 2 is 2.60 bits per heavy atom. The van der Waals surface area contributed by atoms with E-state index in [1.807, 2.05) is 0 Å². The summed E-state index contributed by atoms with van der Waals surface area (Å²) in [5.74, 6) is 0.215. The number of carbonyl (C=O) groups is 1. The van der Waals surface area contributed by atoms with Crippen molar-refractivity contribution in [3.05, 3.63) is 0 Å². The first-order valence-corrected chi connectivity index (χ1v) is 2.99. The van der Waals surface area contributed by atoms with E-state index in [0.717, 1.165) is 0 Å². The van der Waals surface area contributed by atoms with Crippen LogP contribution in [0.3, 0.4) is 0 Å². The van der Waals surface area contributed by atoms with Crippen molar-refractivity contribution in [1.29, 1.82) is 0 Å². The van der Waals surface area contributed by atoms with Gasteiger partial charge in [0.05, 0.1) is 7.11 Å². The number of rotatable bonds is 1. The van der Waals surface area contributed by atoms with E-state index in [-0.39, 0.29) is 5.97 Å². The Morgan fingerprint density at radius 3 is 3.00 bits per heavy atom. The maximum absolute atomic E-state index is 10.8. The maximum atomic E-state index is 10.8. The van der Waals surface area contributed by atoms with Crippen LogP contribution in [0.2, 0.25) is 0 Å². The molecular weight excluding hydrogens is 134 g/mol. The molecule has 0 aromatic rings. The molecule has 0 N–H and O–H groups in total. The van der Waals surface area contributed by atoms with Crippen molar-refractivity contribution in [2.75, 3.05) is 13.7 Å². The van der Waals surface area contributed by atoms with Gasteiger partial charge in [-0.2, -0.15) is 0 Å². The number of carbonyl (C=O) groups excluding carboxylic acids is 1. The Kier molecular flexibility index (Phi) is 1.89. The Morgan fingerprint density at radius 1 is 1.90 bits per heavy atom. The van der Waals surface area contributed by atoms with E-state index in [1.54, 1.807) is 6.92 Å². The van der Waals surface area contributed by atoms with Crippen LogP contribution in [-0.4, -0.2) is 31.6 Å². The van der Waals surface area contributed by atoms with E-state index in [1.165, 1.54) is 7.11 Å². The second-order valence-electron chi connectivity index (χ2n) is 2.00. The zero-order valence-corrected chi connectivity index (χ0v) is 5.96. The van der Waals surface area contributed by atoms with Crippen LogP contribution in [0.5, 0.6) is 0 Å². The quantitative estimate of drug-likeness (QED) is 0.484. The van der Waals surface area contributed by atoms with Crippen LogP contribution in [0.15, 0.2) is 4.99 Å². The third-order valence-electron chi connectivity index (χ3n) is 1.26. The first-order valence-electron chi connectivity index (χ1n) is 2.99. The third-order valence-corrected chi connectivity index (χ3v) is 1.26. The summed E-state index contributed by atoms with van der Waals surface area (Å²) in [7, 11) is 1.34. The molecule has 1 aliphatic heterocycles. The van der Waals surface area contributed by atoms with Crippen LogP contribution in [0.1, 0.15) is 6.92 Å². The summed E-state index contributed by atoms with van der Waals surface area (Å²) in [4.78, 5) is 14.6. The lowest BCUT2D eigenvalue weighted by atomic mass is 10.3. The molecule has 10 heavy (non-hydrogen) atoms. The Hall–Kier alpha value is -1.06. The highest BCUT2D eigenvalue weighted by molar-refractivity contribution is 5.84. The minimum Gasteiger partial charge on any atom is -0.478 e. The molecule has 0 aromatic heterocycles. The summed E-state index contributed by atoms with van der Waals surface area (Å²) in [5.41, 5.74) is 0. The number of hydrogen-bond donors (Lipinski definition) is 0. The molecule has 0 radical (unpaired) electrons. The molecule has 0 amide bonds. The molecule has 0 aromatic carbocycles. The first kappa shape index (κ1) is 7.05. The van der Waals surface area contributed by atoms with Crippen molar-refractivity contribution in [1.82, 2.24) is 0 Å². The van der Waals surface area contributed by atoms with Gasteiger partial charge in [0.2, 0.25) is 0 Å². The second kappa shape index (κ2) is 2.68. The van der Waals surface area contributed by atoms with Gasteiger partial charge >= 0.3 is 5.97 Å². The minimum atomic E-state index is -0.440. The highest BCUT2D eigenvalue weighted by Gasteiger charge is 2.23. The van der Waals surface area contributed by atoms with Crippen molar-refractivity contribution in [3.8, 4) is 0 Å². The van der Waals surface area contributed by atoms with E-state index in [9.17, 15) is 4.79 Å². The maximum Gasteiger partial charge on any atom is 0.334 e. The fourth-order valence-corrected chi connectivity index (χ4v) is 0.750. The molecule has 56 valence electrons. The number of methoxy groups -OCH3 is 1. The average molecular weight is 143 g/mol. The lowest BCUT2D eigenvalue weighted by Gasteiger charge is -1.99. The fraction of sp³-hybridized carbons (Fsp3) is 0.667. The van der Waals surface area contributed by atoms with Crippen LogP contribution in [0, 0.1) is 0 Å². The molecule has 0 bridgehead atoms. The lowest BCUT2D eigenvalue weighted by molar-refractivity contribution is -0.142. The summed E-state index contributed by atoms with van der Waals surface area (Å²) < 4.78 is 9.39. The summed E-state index contributed by atoms with van der Waals surface area (Å²) in [5, 5.41) is 0. The smallest absolute Gasteiger partial charge is 0.334 e. The van der Waals surface area contributed by atoms with E-state index in [4.69, 9.17) is 4.74 Å². The standard InChI is InChI=1S/C6H9NO3/c1-4-7-5(3-10-4)6(8)9-2/h5H,3H2,1-2H3/t5-/m0/s1. The topological polar surface area (TPSA) is 47.9 Å². The zero-order chi connectivity index (χ0) is 7.56. The molecule has 1 atom stereocenters. The zero-order valence-electron chi connectivity index (χ0n) is 5.96. The molecular formula is C6H9NO3. The van der Waals surface area contributed by atoms with Gasteiger partial charge in [-0.3, -0.25) is 0 Å². The Balaban J connectivity index is 2.52. The normalized spacial score (nSPS) is 23.4. The fourth-order valence-electron chi connectivity index (χ4n) is 0.750. The summed E-state index contributed by atoms with van der Waals surface area (Å²) in [6, 6.07) is -0.440. The number of aliphatic imine (C=N–C) groups is 1. The largest absolute Gasteiger partial charge is 0.478 e. The molecule has 0 spiro atoms. The molecule has 1 aliphatic rings. The van der Waals surface area contributed by atoms with Crippen LogP contribution in [-0.2, 0) is 14.3 Å². The molecule has 0 fully saturated rings. The monoisotopic (exact) mass is 143 g/mol. The molecule has 1 heterocycles. The van der Waals surface area contributed by atoms with Crippen LogP contribution in [0.25, 0.3) is 0 Å². The van der Waals surface area contributed by atoms with Gasteiger partial charge in [-0.05, 0) is 0 Å². The number of nitrogens with zero attached hydrogens (tertiary/aromatic N) is 1. The summed E-state index contributed by atoms with van der Waals surface area (Å²) in [6.45, 7) is 2.03. The predicted octanol–water partition coefficient (Wildman–Crippen LogP) is -0.0234. The SMILES string of the molecule is COC(=O)[C@@H]1COC(C)=N1. The summed E-state index contributed by atoms with van der Waals surface area (Å²) >= 11 is 0. The van der Waals surface area contributed by atoms with Gasteiger partial charge in [0.25, 0.3) is 0 Å². The molecule has 0 saturated heterocycles. The second-order valence-corrected chi connectivity index (χ2v) is 2.00. The molecule has 0 saturated carbocycles. The van der Waals surface area contributed by atoms with E-state index < -0.39 is 6.04 Å². The van der Waals surface area contributed by atoms with Crippen molar-refractivity contribution >= 4 is 11.9 Å². The predicted molar refractivity (Wildman–Crippen MR) is 34.9 cm³/mol. The molecule has 1 rings (SSSR count). The van der Waals surface area contributed by atoms with Gasteiger partial charge in [0.1, 0.15) is 6.61 Å². The van der Waals surface area contributed by atoms with Gasteiger partial charge < -0.3 is 9.47 Å². The minimum absolute atomic E-state index is 0.318. The van der Waals surface area contributed by atoms with Gasteiger partial charge in [-0.1, -0.05) is 0 Å². The number of ether oxygens (including phenoxy) is 2. The Bertz CT molecular complexity index is 176. The average Bonchev–Trinajstić information content (AvgIpc) is 2.34. The van der Waals surface area contributed by atoms with Crippen LogP contribution < -0.4 is 0 Å². The van der Waals surface area contributed by atoms with Gasteiger partial charge in [-0.15, -0.1) is 0 Å². The van der Waals surface area contributed by atoms with Gasteiger partial charge in [-0.25, -0.2) is 9.79 Å². The highest BCUT2D eigenvalue weighted by Crippen LogP contribution is 2.04. The van der Waals surface area contributed by atoms with Crippen molar-refractivity contribution in [3.63, 3.8) is 0 Å². The molecule has 4 heteroatoms. The number of hydrogen-bond acceptors (Lipinski definition) is 4. The van der Waals surface area contributed by atoms with E-state index in [0.29, 0.717) is 12.5 Å². The van der Waals surface area contributed by atoms with Gasteiger partial charge in [0.15, 0.2) is 11.9 Å². The number of esters is 1. The Labute approximate surface area is 58.8 Å². The molecule has 0 unspecified atom stereocenters. The highest BCUT2D eigenvalue weighted by atomic mass is 16.5. The van der Waals surface area contributed by atoms with E-state index in [2.05, 4.69) is 9.73 Å². The van der Waals surface area contributed by atoms with Gasteiger partial charge in [0, 0.05) is 6.92 Å². The van der Waals surface area contributed by atoms with Crippen molar-refractivity contribution < 1.29 is 14.3 Å². The molecule has 4 nitrogen and oxygen atoms in total. The van der Waals surface area contributed by atoms with Crippen molar-refractivity contribution in [2.45, 2.75) is 13.0 Å². The van der Waals surface area contributed by atoms with Crippen LogP contribution in [0.4, 0.5) is 0 Å². The third kappa shape index (κ3) is 1.26. The first-order chi connectivity index (χ1) is 4.74. The lowest BCUT2D eigenvalue weighted by Crippen LogP contribution is -2.21. The molecule has 0 aliphatic carbocycles.